The monoisotopic (exact) mass is 440 g/mol. The molecule has 0 saturated heterocycles. The molecule has 102 valence electrons. The Balaban J connectivity index is 2.33. The average molecular weight is 443 g/mol. The maximum atomic E-state index is 6.25. The molecule has 0 aliphatic heterocycles. The highest BCUT2D eigenvalue weighted by atomic mass is 79.9. The summed E-state index contributed by atoms with van der Waals surface area (Å²) in [4.78, 5) is 1.29. The first kappa shape index (κ1) is 15.8. The molecule has 0 bridgehead atoms. The van der Waals surface area contributed by atoms with Gasteiger partial charge in [0, 0.05) is 26.5 Å². The van der Waals surface area contributed by atoms with Crippen LogP contribution in [-0.4, -0.2) is 11.8 Å². The predicted octanol–water partition coefficient (Wildman–Crippen LogP) is 6.23. The van der Waals surface area contributed by atoms with Gasteiger partial charge in [-0.25, -0.2) is 0 Å². The SMILES string of the molecule is ClCC(CCl)(Cc1ccc(Br)s1)c1ccc(Br)cc1. The Kier molecular flexibility index (Phi) is 5.79. The third-order valence-corrected chi connectivity index (χ3v) is 6.29. The molecular formula is C14H12Br2Cl2S. The van der Waals surface area contributed by atoms with Gasteiger partial charge in [0.1, 0.15) is 0 Å². The Morgan fingerprint density at radius 1 is 0.947 bits per heavy atom. The molecule has 0 amide bonds. The van der Waals surface area contributed by atoms with Gasteiger partial charge in [0.2, 0.25) is 0 Å². The number of thiophene rings is 1. The van der Waals surface area contributed by atoms with Gasteiger partial charge >= 0.3 is 0 Å². The molecule has 1 aromatic heterocycles. The summed E-state index contributed by atoms with van der Waals surface area (Å²) in [6, 6.07) is 12.5. The van der Waals surface area contributed by atoms with E-state index in [-0.39, 0.29) is 5.41 Å². The van der Waals surface area contributed by atoms with E-state index in [9.17, 15) is 0 Å². The molecular weight excluding hydrogens is 431 g/mol. The Hall–Kier alpha value is 0.460. The highest BCUT2D eigenvalue weighted by molar-refractivity contribution is 9.11. The molecule has 0 radical (unpaired) electrons. The predicted molar refractivity (Wildman–Crippen MR) is 93.0 cm³/mol. The summed E-state index contributed by atoms with van der Waals surface area (Å²) >= 11 is 21.2. The molecule has 1 aromatic carbocycles. The number of halogens is 4. The fourth-order valence-corrected chi connectivity index (χ4v) is 4.64. The summed E-state index contributed by atoms with van der Waals surface area (Å²) in [7, 11) is 0. The van der Waals surface area contributed by atoms with Crippen LogP contribution in [0.2, 0.25) is 0 Å². The van der Waals surface area contributed by atoms with Crippen molar-refractivity contribution in [1.29, 1.82) is 0 Å². The van der Waals surface area contributed by atoms with Crippen molar-refractivity contribution in [2.75, 3.05) is 11.8 Å². The molecule has 0 aliphatic carbocycles. The van der Waals surface area contributed by atoms with E-state index in [2.05, 4.69) is 56.1 Å². The summed E-state index contributed by atoms with van der Waals surface area (Å²) in [5.41, 5.74) is 0.971. The van der Waals surface area contributed by atoms with Crippen molar-refractivity contribution in [2.24, 2.45) is 0 Å². The van der Waals surface area contributed by atoms with Crippen LogP contribution in [0.4, 0.5) is 0 Å². The standard InChI is InChI=1S/C14H12Br2Cl2S/c15-11-3-1-10(2-4-11)14(8-17,9-18)7-12-5-6-13(16)19-12/h1-6H,7-9H2. The Bertz CT molecular complexity index is 533. The van der Waals surface area contributed by atoms with Gasteiger partial charge in [0.15, 0.2) is 0 Å². The molecule has 2 rings (SSSR count). The van der Waals surface area contributed by atoms with Crippen molar-refractivity contribution in [3.8, 4) is 0 Å². The third-order valence-electron chi connectivity index (χ3n) is 3.11. The van der Waals surface area contributed by atoms with Crippen molar-refractivity contribution < 1.29 is 0 Å². The molecule has 1 heterocycles. The molecule has 2 aromatic rings. The zero-order chi connectivity index (χ0) is 13.9. The number of alkyl halides is 2. The van der Waals surface area contributed by atoms with Gasteiger partial charge in [-0.3, -0.25) is 0 Å². The molecule has 0 spiro atoms. The molecule has 0 aliphatic rings. The zero-order valence-electron chi connectivity index (χ0n) is 10.0. The maximum Gasteiger partial charge on any atom is 0.0701 e. The van der Waals surface area contributed by atoms with E-state index in [0.717, 1.165) is 14.7 Å². The maximum absolute atomic E-state index is 6.25. The van der Waals surface area contributed by atoms with Gasteiger partial charge in [-0.05, 0) is 52.2 Å². The van der Waals surface area contributed by atoms with E-state index >= 15 is 0 Å². The lowest BCUT2D eigenvalue weighted by Gasteiger charge is -2.30. The minimum atomic E-state index is -0.214. The van der Waals surface area contributed by atoms with Gasteiger partial charge in [0.05, 0.1) is 3.79 Å². The minimum absolute atomic E-state index is 0.214. The zero-order valence-corrected chi connectivity index (χ0v) is 15.5. The van der Waals surface area contributed by atoms with Crippen molar-refractivity contribution in [1.82, 2.24) is 0 Å². The molecule has 0 atom stereocenters. The molecule has 19 heavy (non-hydrogen) atoms. The van der Waals surface area contributed by atoms with Gasteiger partial charge < -0.3 is 0 Å². The lowest BCUT2D eigenvalue weighted by atomic mass is 9.80. The number of benzene rings is 1. The second-order valence-corrected chi connectivity index (χ2v) is 8.43. The molecule has 0 N–H and O–H groups in total. The normalized spacial score (nSPS) is 11.8. The van der Waals surface area contributed by atoms with Gasteiger partial charge in [-0.15, -0.1) is 34.5 Å². The van der Waals surface area contributed by atoms with Crippen LogP contribution in [0.3, 0.4) is 0 Å². The van der Waals surface area contributed by atoms with E-state index in [1.807, 2.05) is 12.1 Å². The third kappa shape index (κ3) is 3.76. The van der Waals surface area contributed by atoms with Gasteiger partial charge in [-0.1, -0.05) is 28.1 Å². The number of hydrogen-bond donors (Lipinski definition) is 0. The summed E-state index contributed by atoms with van der Waals surface area (Å²) in [6.45, 7) is 0. The number of hydrogen-bond acceptors (Lipinski definition) is 1. The lowest BCUT2D eigenvalue weighted by Crippen LogP contribution is -2.33. The van der Waals surface area contributed by atoms with Crippen LogP contribution in [0.5, 0.6) is 0 Å². The van der Waals surface area contributed by atoms with E-state index in [0.29, 0.717) is 11.8 Å². The van der Waals surface area contributed by atoms with Crippen LogP contribution in [0.25, 0.3) is 0 Å². The van der Waals surface area contributed by atoms with Crippen LogP contribution < -0.4 is 0 Å². The topological polar surface area (TPSA) is 0 Å². The van der Waals surface area contributed by atoms with Gasteiger partial charge in [-0.2, -0.15) is 0 Å². The van der Waals surface area contributed by atoms with E-state index < -0.39 is 0 Å². The summed E-state index contributed by atoms with van der Waals surface area (Å²) < 4.78 is 2.20. The van der Waals surface area contributed by atoms with E-state index in [4.69, 9.17) is 23.2 Å². The Morgan fingerprint density at radius 2 is 1.58 bits per heavy atom. The second kappa shape index (κ2) is 6.95. The Labute approximate surface area is 144 Å². The summed E-state index contributed by atoms with van der Waals surface area (Å²) in [5.74, 6) is 1.02. The van der Waals surface area contributed by atoms with Crippen LogP contribution in [0, 0.1) is 0 Å². The first-order valence-electron chi connectivity index (χ1n) is 5.72. The molecule has 0 nitrogen and oxygen atoms in total. The van der Waals surface area contributed by atoms with Crippen LogP contribution >= 0.6 is 66.4 Å². The largest absolute Gasteiger partial charge is 0.133 e. The van der Waals surface area contributed by atoms with Crippen molar-refractivity contribution in [2.45, 2.75) is 11.8 Å². The van der Waals surface area contributed by atoms with E-state index in [1.54, 1.807) is 11.3 Å². The first-order valence-corrected chi connectivity index (χ1v) is 9.19. The fourth-order valence-electron chi connectivity index (χ4n) is 1.97. The highest BCUT2D eigenvalue weighted by Crippen LogP contribution is 2.35. The molecule has 0 fully saturated rings. The van der Waals surface area contributed by atoms with Crippen molar-refractivity contribution in [3.05, 3.63) is 55.1 Å². The molecule has 5 heteroatoms. The summed E-state index contributed by atoms with van der Waals surface area (Å²) in [5, 5.41) is 0. The molecule has 0 saturated carbocycles. The fraction of sp³-hybridized carbons (Fsp3) is 0.286. The highest BCUT2D eigenvalue weighted by Gasteiger charge is 2.31. The smallest absolute Gasteiger partial charge is 0.0701 e. The first-order chi connectivity index (χ1) is 9.09. The Morgan fingerprint density at radius 3 is 2.05 bits per heavy atom. The van der Waals surface area contributed by atoms with Crippen LogP contribution in [-0.2, 0) is 11.8 Å². The van der Waals surface area contributed by atoms with Crippen LogP contribution in [0.15, 0.2) is 44.7 Å². The lowest BCUT2D eigenvalue weighted by molar-refractivity contribution is 0.541. The van der Waals surface area contributed by atoms with E-state index in [1.165, 1.54) is 10.4 Å². The number of rotatable bonds is 5. The van der Waals surface area contributed by atoms with Crippen molar-refractivity contribution >= 4 is 66.4 Å². The molecule has 0 unspecified atom stereocenters. The second-order valence-electron chi connectivity index (χ2n) is 4.44. The van der Waals surface area contributed by atoms with Crippen molar-refractivity contribution in [3.63, 3.8) is 0 Å². The van der Waals surface area contributed by atoms with Crippen LogP contribution in [0.1, 0.15) is 10.4 Å². The summed E-state index contributed by atoms with van der Waals surface area (Å²) in [6.07, 6.45) is 0.859. The van der Waals surface area contributed by atoms with Gasteiger partial charge in [0.25, 0.3) is 0 Å². The average Bonchev–Trinajstić information content (AvgIpc) is 2.82. The minimum Gasteiger partial charge on any atom is -0.133 e. The quantitative estimate of drug-likeness (QED) is 0.481.